The Morgan fingerprint density at radius 2 is 1.80 bits per heavy atom. The lowest BCUT2D eigenvalue weighted by molar-refractivity contribution is 0.0552. The molecule has 0 fully saturated rings. The van der Waals surface area contributed by atoms with Crippen LogP contribution in [0.3, 0.4) is 0 Å². The molecule has 0 aliphatic carbocycles. The molecule has 1 N–H and O–H groups in total. The quantitative estimate of drug-likeness (QED) is 0.714. The van der Waals surface area contributed by atoms with Crippen LogP contribution in [0.1, 0.15) is 42.5 Å². The molecule has 134 valence electrons. The maximum absolute atomic E-state index is 10.6. The second-order valence-electron chi connectivity index (χ2n) is 7.22. The maximum atomic E-state index is 10.6. The first kappa shape index (κ1) is 19.1. The van der Waals surface area contributed by atoms with Crippen LogP contribution in [0.15, 0.2) is 35.5 Å². The Morgan fingerprint density at radius 1 is 1.08 bits per heavy atom. The molecule has 0 saturated heterocycles. The molecule has 0 spiro atoms. The fourth-order valence-electron chi connectivity index (χ4n) is 2.86. The van der Waals surface area contributed by atoms with Gasteiger partial charge in [-0.25, -0.2) is 0 Å². The molecule has 0 aromatic heterocycles. The Kier molecular flexibility index (Phi) is 5.96. The van der Waals surface area contributed by atoms with E-state index in [1.54, 1.807) is 13.8 Å². The number of nitroso groups, excluding NO2 is 1. The monoisotopic (exact) mass is 341 g/mol. The van der Waals surface area contributed by atoms with Gasteiger partial charge in [0.15, 0.2) is 0 Å². The SMILES string of the molecule is Cc1cc(-c2cccc(CN=O)c2C)c(C)cc1OCCC(C)(C)O. The number of hydrogen-bond donors (Lipinski definition) is 1. The smallest absolute Gasteiger partial charge is 0.122 e. The highest BCUT2D eigenvalue weighted by atomic mass is 16.5. The predicted molar refractivity (Wildman–Crippen MR) is 102 cm³/mol. The van der Waals surface area contributed by atoms with Crippen molar-refractivity contribution in [2.75, 3.05) is 6.61 Å². The summed E-state index contributed by atoms with van der Waals surface area (Å²) in [5.74, 6) is 0.842. The van der Waals surface area contributed by atoms with E-state index in [1.807, 2.05) is 32.0 Å². The van der Waals surface area contributed by atoms with Gasteiger partial charge in [0.05, 0.1) is 12.2 Å². The molecule has 0 bridgehead atoms. The molecule has 2 aromatic carbocycles. The van der Waals surface area contributed by atoms with Gasteiger partial charge in [-0.3, -0.25) is 0 Å². The van der Waals surface area contributed by atoms with E-state index in [1.165, 1.54) is 0 Å². The second kappa shape index (κ2) is 7.79. The summed E-state index contributed by atoms with van der Waals surface area (Å²) in [5.41, 5.74) is 5.73. The van der Waals surface area contributed by atoms with Crippen molar-refractivity contribution in [2.24, 2.45) is 5.18 Å². The number of aliphatic hydroxyl groups is 1. The van der Waals surface area contributed by atoms with Crippen molar-refractivity contribution in [2.45, 2.75) is 53.2 Å². The molecule has 0 aliphatic heterocycles. The zero-order valence-electron chi connectivity index (χ0n) is 15.7. The van der Waals surface area contributed by atoms with Gasteiger partial charge in [0.25, 0.3) is 0 Å². The molecule has 2 aromatic rings. The van der Waals surface area contributed by atoms with Crippen molar-refractivity contribution in [1.82, 2.24) is 0 Å². The number of aryl methyl sites for hydroxylation is 2. The summed E-state index contributed by atoms with van der Waals surface area (Å²) in [5, 5.41) is 12.8. The summed E-state index contributed by atoms with van der Waals surface area (Å²) in [6.45, 7) is 10.3. The van der Waals surface area contributed by atoms with Crippen LogP contribution in [0.25, 0.3) is 11.1 Å². The Bertz CT molecular complexity index is 760. The zero-order chi connectivity index (χ0) is 18.6. The predicted octanol–water partition coefficient (Wildman–Crippen LogP) is 5.09. The average molecular weight is 341 g/mol. The third-order valence-corrected chi connectivity index (χ3v) is 4.46. The van der Waals surface area contributed by atoms with E-state index in [4.69, 9.17) is 4.74 Å². The fraction of sp³-hybridized carbons (Fsp3) is 0.429. The number of rotatable bonds is 7. The fourth-order valence-corrected chi connectivity index (χ4v) is 2.86. The molecular weight excluding hydrogens is 314 g/mol. The van der Waals surface area contributed by atoms with Crippen molar-refractivity contribution in [3.63, 3.8) is 0 Å². The maximum Gasteiger partial charge on any atom is 0.122 e. The second-order valence-corrected chi connectivity index (χ2v) is 7.22. The van der Waals surface area contributed by atoms with Crippen LogP contribution in [0.2, 0.25) is 0 Å². The topological polar surface area (TPSA) is 58.9 Å². The van der Waals surface area contributed by atoms with Crippen LogP contribution in [0, 0.1) is 25.7 Å². The van der Waals surface area contributed by atoms with Crippen molar-refractivity contribution < 1.29 is 9.84 Å². The summed E-state index contributed by atoms with van der Waals surface area (Å²) in [7, 11) is 0. The van der Waals surface area contributed by atoms with Crippen LogP contribution in [0.4, 0.5) is 0 Å². The number of ether oxygens (including phenoxy) is 1. The Labute approximate surface area is 149 Å². The molecule has 0 radical (unpaired) electrons. The molecule has 0 amide bonds. The number of nitrogens with zero attached hydrogens (tertiary/aromatic N) is 1. The van der Waals surface area contributed by atoms with Gasteiger partial charge >= 0.3 is 0 Å². The molecule has 0 heterocycles. The Morgan fingerprint density at radius 3 is 2.44 bits per heavy atom. The van der Waals surface area contributed by atoms with Crippen molar-refractivity contribution >= 4 is 0 Å². The van der Waals surface area contributed by atoms with E-state index in [9.17, 15) is 10.0 Å². The van der Waals surface area contributed by atoms with Crippen molar-refractivity contribution in [1.29, 1.82) is 0 Å². The standard InChI is InChI=1S/C21H27NO3/c1-14-12-20(25-10-9-21(4,5)23)15(2)11-19(14)18-8-6-7-17(13-22-24)16(18)3/h6-8,11-12,23H,9-10,13H2,1-5H3. The van der Waals surface area contributed by atoms with Crippen LogP contribution in [-0.2, 0) is 6.54 Å². The minimum absolute atomic E-state index is 0.190. The third kappa shape index (κ3) is 4.89. The Balaban J connectivity index is 2.31. The first-order valence-corrected chi connectivity index (χ1v) is 8.57. The summed E-state index contributed by atoms with van der Waals surface area (Å²) in [6, 6.07) is 10.1. The summed E-state index contributed by atoms with van der Waals surface area (Å²) in [4.78, 5) is 10.6. The van der Waals surface area contributed by atoms with E-state index < -0.39 is 5.60 Å². The first-order valence-electron chi connectivity index (χ1n) is 8.57. The normalized spacial score (nSPS) is 11.4. The lowest BCUT2D eigenvalue weighted by atomic mass is 9.92. The number of hydrogen-bond acceptors (Lipinski definition) is 4. The molecule has 4 nitrogen and oxygen atoms in total. The van der Waals surface area contributed by atoms with Crippen LogP contribution in [0.5, 0.6) is 5.75 Å². The number of benzene rings is 2. The van der Waals surface area contributed by atoms with Crippen molar-refractivity contribution in [3.05, 3.63) is 57.5 Å². The molecular formula is C21H27NO3. The minimum atomic E-state index is -0.729. The highest BCUT2D eigenvalue weighted by Crippen LogP contribution is 2.33. The largest absolute Gasteiger partial charge is 0.493 e. The van der Waals surface area contributed by atoms with Gasteiger partial charge in [-0.15, -0.1) is 0 Å². The third-order valence-electron chi connectivity index (χ3n) is 4.46. The van der Waals surface area contributed by atoms with Gasteiger partial charge in [-0.2, -0.15) is 4.91 Å². The van der Waals surface area contributed by atoms with Gasteiger partial charge in [0.2, 0.25) is 0 Å². The van der Waals surface area contributed by atoms with E-state index >= 15 is 0 Å². The van der Waals surface area contributed by atoms with E-state index in [-0.39, 0.29) is 6.54 Å². The van der Waals surface area contributed by atoms with E-state index in [0.717, 1.165) is 39.1 Å². The van der Waals surface area contributed by atoms with Gasteiger partial charge in [-0.1, -0.05) is 23.4 Å². The molecule has 0 atom stereocenters. The van der Waals surface area contributed by atoms with E-state index in [0.29, 0.717) is 13.0 Å². The molecule has 0 unspecified atom stereocenters. The van der Waals surface area contributed by atoms with E-state index in [2.05, 4.69) is 24.2 Å². The van der Waals surface area contributed by atoms with Crippen molar-refractivity contribution in [3.8, 4) is 16.9 Å². The lowest BCUT2D eigenvalue weighted by Crippen LogP contribution is -2.21. The van der Waals surface area contributed by atoms with Crippen LogP contribution in [-0.4, -0.2) is 17.3 Å². The lowest BCUT2D eigenvalue weighted by Gasteiger charge is -2.19. The first-order chi connectivity index (χ1) is 11.7. The molecule has 0 saturated carbocycles. The van der Waals surface area contributed by atoms with Gasteiger partial charge in [0, 0.05) is 6.42 Å². The summed E-state index contributed by atoms with van der Waals surface area (Å²) < 4.78 is 5.86. The summed E-state index contributed by atoms with van der Waals surface area (Å²) in [6.07, 6.45) is 0.576. The molecule has 25 heavy (non-hydrogen) atoms. The zero-order valence-corrected chi connectivity index (χ0v) is 15.7. The molecule has 2 rings (SSSR count). The van der Waals surface area contributed by atoms with Crippen LogP contribution < -0.4 is 4.74 Å². The highest BCUT2D eigenvalue weighted by molar-refractivity contribution is 5.73. The van der Waals surface area contributed by atoms with Gasteiger partial charge < -0.3 is 9.84 Å². The molecule has 0 aliphatic rings. The molecule has 4 heteroatoms. The summed E-state index contributed by atoms with van der Waals surface area (Å²) >= 11 is 0. The Hall–Kier alpha value is -2.20. The van der Waals surface area contributed by atoms with Crippen LogP contribution >= 0.6 is 0 Å². The minimum Gasteiger partial charge on any atom is -0.493 e. The average Bonchev–Trinajstić information content (AvgIpc) is 2.52. The van der Waals surface area contributed by atoms with Gasteiger partial charge in [-0.05, 0) is 80.1 Å². The highest BCUT2D eigenvalue weighted by Gasteiger charge is 2.14. The van der Waals surface area contributed by atoms with Gasteiger partial charge in [0.1, 0.15) is 12.3 Å².